The quantitative estimate of drug-likeness (QED) is 0.843. The Bertz CT molecular complexity index is 506. The maximum atomic E-state index is 11.6. The molecular formula is C10H10ClN3O. The number of hydrogen-bond acceptors (Lipinski definition) is 2. The van der Waals surface area contributed by atoms with Crippen LogP contribution in [0.5, 0.6) is 0 Å². The van der Waals surface area contributed by atoms with E-state index in [9.17, 15) is 4.79 Å². The number of amides is 1. The number of aromatic nitrogens is 2. The Kier molecular flexibility index (Phi) is 2.60. The monoisotopic (exact) mass is 223 g/mol. The van der Waals surface area contributed by atoms with E-state index in [0.29, 0.717) is 11.6 Å². The SMILES string of the molecule is CCNC(=O)c1nn2ccccc2c1Cl. The number of hydrogen-bond donors (Lipinski definition) is 1. The van der Waals surface area contributed by atoms with Crippen molar-refractivity contribution in [2.24, 2.45) is 0 Å². The fourth-order valence-corrected chi connectivity index (χ4v) is 1.63. The van der Waals surface area contributed by atoms with E-state index in [2.05, 4.69) is 10.4 Å². The first-order valence-electron chi connectivity index (χ1n) is 4.65. The van der Waals surface area contributed by atoms with Crippen molar-refractivity contribution in [2.75, 3.05) is 6.54 Å². The molecule has 0 atom stereocenters. The van der Waals surface area contributed by atoms with Crippen molar-refractivity contribution in [3.8, 4) is 0 Å². The normalized spacial score (nSPS) is 10.5. The first-order valence-corrected chi connectivity index (χ1v) is 5.03. The molecule has 1 N–H and O–H groups in total. The van der Waals surface area contributed by atoms with Crippen LogP contribution in [0, 0.1) is 0 Å². The van der Waals surface area contributed by atoms with Crippen molar-refractivity contribution in [3.63, 3.8) is 0 Å². The van der Waals surface area contributed by atoms with Gasteiger partial charge in [-0.1, -0.05) is 17.7 Å². The predicted molar refractivity (Wildman–Crippen MR) is 58.2 cm³/mol. The molecule has 0 saturated carbocycles. The second-order valence-corrected chi connectivity index (χ2v) is 3.43. The van der Waals surface area contributed by atoms with Gasteiger partial charge in [0, 0.05) is 12.7 Å². The second-order valence-electron chi connectivity index (χ2n) is 3.05. The van der Waals surface area contributed by atoms with Crippen LogP contribution in [0.15, 0.2) is 24.4 Å². The molecular weight excluding hydrogens is 214 g/mol. The highest BCUT2D eigenvalue weighted by atomic mass is 35.5. The minimum Gasteiger partial charge on any atom is -0.351 e. The fourth-order valence-electron chi connectivity index (χ4n) is 1.36. The molecule has 0 spiro atoms. The molecule has 0 bridgehead atoms. The molecule has 2 heterocycles. The van der Waals surface area contributed by atoms with E-state index >= 15 is 0 Å². The molecule has 2 rings (SSSR count). The van der Waals surface area contributed by atoms with E-state index in [0.717, 1.165) is 5.52 Å². The summed E-state index contributed by atoms with van der Waals surface area (Å²) in [5.74, 6) is -0.244. The van der Waals surface area contributed by atoms with Crippen molar-refractivity contribution >= 4 is 23.0 Å². The van der Waals surface area contributed by atoms with Crippen molar-refractivity contribution in [2.45, 2.75) is 6.92 Å². The van der Waals surface area contributed by atoms with Crippen LogP contribution in [0.25, 0.3) is 5.52 Å². The molecule has 0 aromatic carbocycles. The van der Waals surface area contributed by atoms with E-state index < -0.39 is 0 Å². The molecule has 78 valence electrons. The fraction of sp³-hybridized carbons (Fsp3) is 0.200. The molecule has 15 heavy (non-hydrogen) atoms. The Labute approximate surface area is 91.8 Å². The number of nitrogens with one attached hydrogen (secondary N) is 1. The summed E-state index contributed by atoms with van der Waals surface area (Å²) in [6.45, 7) is 2.41. The van der Waals surface area contributed by atoms with Gasteiger partial charge in [0.2, 0.25) is 0 Å². The largest absolute Gasteiger partial charge is 0.351 e. The van der Waals surface area contributed by atoms with Gasteiger partial charge in [0.1, 0.15) is 0 Å². The zero-order valence-electron chi connectivity index (χ0n) is 8.20. The lowest BCUT2D eigenvalue weighted by Gasteiger charge is -1.96. The summed E-state index contributed by atoms with van der Waals surface area (Å²) in [7, 11) is 0. The van der Waals surface area contributed by atoms with E-state index in [-0.39, 0.29) is 11.6 Å². The molecule has 1 amide bonds. The standard InChI is InChI=1S/C10H10ClN3O/c1-2-12-10(15)9-8(11)7-5-3-4-6-14(7)13-9/h3-6H,2H2,1H3,(H,12,15). The molecule has 0 aliphatic rings. The molecule has 4 nitrogen and oxygen atoms in total. The zero-order valence-corrected chi connectivity index (χ0v) is 8.95. The van der Waals surface area contributed by atoms with Gasteiger partial charge in [-0.25, -0.2) is 4.52 Å². The van der Waals surface area contributed by atoms with Gasteiger partial charge in [0.05, 0.1) is 10.5 Å². The van der Waals surface area contributed by atoms with E-state index in [4.69, 9.17) is 11.6 Å². The van der Waals surface area contributed by atoms with Crippen molar-refractivity contribution < 1.29 is 4.79 Å². The summed E-state index contributed by atoms with van der Waals surface area (Å²) < 4.78 is 1.59. The first kappa shape index (κ1) is 9.98. The molecule has 0 saturated heterocycles. The molecule has 0 aliphatic heterocycles. The Morgan fingerprint density at radius 3 is 3.07 bits per heavy atom. The highest BCUT2D eigenvalue weighted by Crippen LogP contribution is 2.21. The van der Waals surface area contributed by atoms with Gasteiger partial charge in [0.15, 0.2) is 5.69 Å². The number of rotatable bonds is 2. The lowest BCUT2D eigenvalue weighted by atomic mass is 10.3. The maximum Gasteiger partial charge on any atom is 0.273 e. The Morgan fingerprint density at radius 1 is 1.60 bits per heavy atom. The Hall–Kier alpha value is -1.55. The summed E-state index contributed by atoms with van der Waals surface area (Å²) in [5.41, 5.74) is 1.00. The van der Waals surface area contributed by atoms with Gasteiger partial charge in [0.25, 0.3) is 5.91 Å². The molecule has 2 aromatic heterocycles. The van der Waals surface area contributed by atoms with Gasteiger partial charge in [-0.15, -0.1) is 0 Å². The van der Waals surface area contributed by atoms with Crippen molar-refractivity contribution in [1.29, 1.82) is 0 Å². The molecule has 0 aliphatic carbocycles. The molecule has 2 aromatic rings. The van der Waals surface area contributed by atoms with Gasteiger partial charge < -0.3 is 5.32 Å². The third-order valence-electron chi connectivity index (χ3n) is 2.03. The number of halogens is 1. The third-order valence-corrected chi connectivity index (χ3v) is 2.40. The first-order chi connectivity index (χ1) is 7.24. The van der Waals surface area contributed by atoms with Crippen LogP contribution in [0.3, 0.4) is 0 Å². The lowest BCUT2D eigenvalue weighted by molar-refractivity contribution is 0.0950. The topological polar surface area (TPSA) is 46.4 Å². The molecule has 5 heteroatoms. The average Bonchev–Trinajstić information content (AvgIpc) is 2.57. The van der Waals surface area contributed by atoms with Crippen LogP contribution in [0.4, 0.5) is 0 Å². The van der Waals surface area contributed by atoms with E-state index in [1.807, 2.05) is 25.1 Å². The number of pyridine rings is 1. The summed E-state index contributed by atoms with van der Waals surface area (Å²) in [6.07, 6.45) is 1.75. The van der Waals surface area contributed by atoms with Crippen molar-refractivity contribution in [3.05, 3.63) is 35.1 Å². The van der Waals surface area contributed by atoms with E-state index in [1.54, 1.807) is 10.7 Å². The number of fused-ring (bicyclic) bond motifs is 1. The van der Waals surface area contributed by atoms with E-state index in [1.165, 1.54) is 0 Å². The van der Waals surface area contributed by atoms with Crippen LogP contribution >= 0.6 is 11.6 Å². The lowest BCUT2D eigenvalue weighted by Crippen LogP contribution is -2.23. The van der Waals surface area contributed by atoms with Gasteiger partial charge >= 0.3 is 0 Å². The smallest absolute Gasteiger partial charge is 0.273 e. The minimum atomic E-state index is -0.244. The van der Waals surface area contributed by atoms with Crippen LogP contribution in [0.1, 0.15) is 17.4 Å². The van der Waals surface area contributed by atoms with Gasteiger partial charge in [-0.05, 0) is 19.1 Å². The van der Waals surface area contributed by atoms with Crippen LogP contribution in [-0.2, 0) is 0 Å². The third kappa shape index (κ3) is 1.68. The molecule has 0 unspecified atom stereocenters. The van der Waals surface area contributed by atoms with Gasteiger partial charge in [-0.2, -0.15) is 5.10 Å². The van der Waals surface area contributed by atoms with Crippen molar-refractivity contribution in [1.82, 2.24) is 14.9 Å². The maximum absolute atomic E-state index is 11.6. The minimum absolute atomic E-state index is 0.244. The average molecular weight is 224 g/mol. The second kappa shape index (κ2) is 3.90. The number of carbonyl (C=O) groups is 1. The van der Waals surface area contributed by atoms with Crippen LogP contribution in [-0.4, -0.2) is 22.1 Å². The molecule has 0 fully saturated rings. The molecule has 0 radical (unpaired) electrons. The van der Waals surface area contributed by atoms with Gasteiger partial charge in [-0.3, -0.25) is 4.79 Å². The Balaban J connectivity index is 2.53. The Morgan fingerprint density at radius 2 is 2.40 bits per heavy atom. The summed E-state index contributed by atoms with van der Waals surface area (Å²) in [5, 5.41) is 7.16. The highest BCUT2D eigenvalue weighted by molar-refractivity contribution is 6.36. The summed E-state index contributed by atoms with van der Waals surface area (Å²) in [4.78, 5) is 11.6. The number of nitrogens with zero attached hydrogens (tertiary/aromatic N) is 2. The number of carbonyl (C=O) groups excluding carboxylic acids is 1. The summed E-state index contributed by atoms with van der Waals surface area (Å²) in [6, 6.07) is 5.50. The summed E-state index contributed by atoms with van der Waals surface area (Å²) >= 11 is 6.04. The van der Waals surface area contributed by atoms with Crippen LogP contribution in [0.2, 0.25) is 5.02 Å². The zero-order chi connectivity index (χ0) is 10.8. The van der Waals surface area contributed by atoms with Crippen LogP contribution < -0.4 is 5.32 Å². The predicted octanol–water partition coefficient (Wildman–Crippen LogP) is 1.74. The highest BCUT2D eigenvalue weighted by Gasteiger charge is 2.16.